The molecule has 1 rings (SSSR count). The van der Waals surface area contributed by atoms with Gasteiger partial charge in [-0.15, -0.1) is 0 Å². The molecule has 5 heteroatoms. The first-order valence-electron chi connectivity index (χ1n) is 3.14. The number of rotatable bonds is 1. The largest absolute Gasteiger partial charge is 0.501 e. The van der Waals surface area contributed by atoms with Crippen molar-refractivity contribution in [3.8, 4) is 0 Å². The van der Waals surface area contributed by atoms with Gasteiger partial charge in [0, 0.05) is 6.42 Å². The van der Waals surface area contributed by atoms with E-state index in [1.165, 1.54) is 0 Å². The van der Waals surface area contributed by atoms with Gasteiger partial charge < -0.3 is 10.5 Å². The number of halogens is 3. The summed E-state index contributed by atoms with van der Waals surface area (Å²) in [5.74, 6) is 0. The van der Waals surface area contributed by atoms with E-state index in [-0.39, 0.29) is 12.0 Å². The third-order valence-corrected chi connectivity index (χ3v) is 1.50. The second-order valence-electron chi connectivity index (χ2n) is 2.33. The molecule has 64 valence electrons. The van der Waals surface area contributed by atoms with Crippen LogP contribution in [-0.4, -0.2) is 18.8 Å². The maximum absolute atomic E-state index is 11.9. The lowest BCUT2D eigenvalue weighted by Crippen LogP contribution is -2.38. The van der Waals surface area contributed by atoms with Gasteiger partial charge in [0.15, 0.2) is 0 Å². The molecule has 0 aliphatic carbocycles. The minimum atomic E-state index is -4.35. The van der Waals surface area contributed by atoms with E-state index in [1.807, 2.05) is 0 Å². The Morgan fingerprint density at radius 3 is 2.55 bits per heavy atom. The zero-order chi connectivity index (χ0) is 8.48. The number of nitrogens with two attached hydrogens (primary N) is 1. The van der Waals surface area contributed by atoms with Crippen LogP contribution in [0.1, 0.15) is 6.42 Å². The van der Waals surface area contributed by atoms with Gasteiger partial charge in [0.05, 0.1) is 12.9 Å². The molecular formula is C6H8F3NO. The van der Waals surface area contributed by atoms with Crippen molar-refractivity contribution in [1.29, 1.82) is 0 Å². The number of hydrogen-bond acceptors (Lipinski definition) is 2. The summed E-state index contributed by atoms with van der Waals surface area (Å²) in [5.41, 5.74) is 5.01. The molecule has 2 nitrogen and oxygen atoms in total. The van der Waals surface area contributed by atoms with Gasteiger partial charge in [0.2, 0.25) is 0 Å². The maximum Gasteiger partial charge on any atom is 0.407 e. The SMILES string of the molecule is N[C@H](C1=COCC1)C(F)(F)F. The lowest BCUT2D eigenvalue weighted by atomic mass is 10.1. The van der Waals surface area contributed by atoms with E-state index in [0.29, 0.717) is 6.61 Å². The molecule has 0 fully saturated rings. The molecule has 0 saturated carbocycles. The van der Waals surface area contributed by atoms with Crippen LogP contribution < -0.4 is 5.73 Å². The lowest BCUT2D eigenvalue weighted by molar-refractivity contribution is -0.139. The fraction of sp³-hybridized carbons (Fsp3) is 0.667. The van der Waals surface area contributed by atoms with Crippen molar-refractivity contribution in [2.24, 2.45) is 5.73 Å². The van der Waals surface area contributed by atoms with Crippen molar-refractivity contribution in [2.75, 3.05) is 6.61 Å². The molecule has 1 aliphatic rings. The Labute approximate surface area is 61.8 Å². The number of ether oxygens (including phenoxy) is 1. The summed E-state index contributed by atoms with van der Waals surface area (Å²) >= 11 is 0. The Kier molecular flexibility index (Phi) is 2.08. The fourth-order valence-corrected chi connectivity index (χ4v) is 0.841. The monoisotopic (exact) mass is 167 g/mol. The quantitative estimate of drug-likeness (QED) is 0.636. The highest BCUT2D eigenvalue weighted by Gasteiger charge is 2.39. The third-order valence-electron chi connectivity index (χ3n) is 1.50. The van der Waals surface area contributed by atoms with Crippen molar-refractivity contribution >= 4 is 0 Å². The van der Waals surface area contributed by atoms with Gasteiger partial charge in [-0.2, -0.15) is 13.2 Å². The molecule has 0 aromatic rings. The van der Waals surface area contributed by atoms with E-state index < -0.39 is 12.2 Å². The molecule has 0 bridgehead atoms. The first kappa shape index (κ1) is 8.39. The molecule has 2 N–H and O–H groups in total. The molecule has 1 aliphatic heterocycles. The molecular weight excluding hydrogens is 159 g/mol. The van der Waals surface area contributed by atoms with Crippen molar-refractivity contribution in [1.82, 2.24) is 0 Å². The minimum Gasteiger partial charge on any atom is -0.501 e. The summed E-state index contributed by atoms with van der Waals surface area (Å²) in [6.45, 7) is 0.305. The molecule has 0 unspecified atom stereocenters. The highest BCUT2D eigenvalue weighted by Crippen LogP contribution is 2.27. The van der Waals surface area contributed by atoms with Crippen molar-refractivity contribution in [3.05, 3.63) is 11.8 Å². The standard InChI is InChI=1S/C6H8F3NO/c7-6(8,9)5(10)4-1-2-11-3-4/h3,5H,1-2,10H2/t5-/m1/s1. The van der Waals surface area contributed by atoms with E-state index in [2.05, 4.69) is 4.74 Å². The highest BCUT2D eigenvalue weighted by atomic mass is 19.4. The van der Waals surface area contributed by atoms with Crippen LogP contribution in [0.5, 0.6) is 0 Å². The summed E-state index contributed by atoms with van der Waals surface area (Å²) in [5, 5.41) is 0. The molecule has 1 heterocycles. The van der Waals surface area contributed by atoms with Gasteiger partial charge in [0.25, 0.3) is 0 Å². The van der Waals surface area contributed by atoms with Gasteiger partial charge >= 0.3 is 6.18 Å². The summed E-state index contributed by atoms with van der Waals surface area (Å²) < 4.78 is 40.3. The summed E-state index contributed by atoms with van der Waals surface area (Å²) in [7, 11) is 0. The molecule has 0 radical (unpaired) electrons. The van der Waals surface area contributed by atoms with E-state index in [1.54, 1.807) is 0 Å². The second kappa shape index (κ2) is 2.73. The average molecular weight is 167 g/mol. The van der Waals surface area contributed by atoms with Crippen LogP contribution in [0.2, 0.25) is 0 Å². The summed E-state index contributed by atoms with van der Waals surface area (Å²) in [6.07, 6.45) is -2.97. The minimum absolute atomic E-state index is 0.123. The van der Waals surface area contributed by atoms with E-state index in [0.717, 1.165) is 6.26 Å². The zero-order valence-corrected chi connectivity index (χ0v) is 5.69. The molecule has 0 spiro atoms. The molecule has 0 saturated heterocycles. The van der Waals surface area contributed by atoms with Gasteiger partial charge in [0.1, 0.15) is 6.04 Å². The smallest absolute Gasteiger partial charge is 0.407 e. The topological polar surface area (TPSA) is 35.2 Å². The van der Waals surface area contributed by atoms with Crippen LogP contribution >= 0.6 is 0 Å². The van der Waals surface area contributed by atoms with Crippen molar-refractivity contribution < 1.29 is 17.9 Å². The van der Waals surface area contributed by atoms with Crippen LogP contribution in [0.25, 0.3) is 0 Å². The van der Waals surface area contributed by atoms with Gasteiger partial charge in [-0.3, -0.25) is 0 Å². The van der Waals surface area contributed by atoms with Crippen molar-refractivity contribution in [2.45, 2.75) is 18.6 Å². The summed E-state index contributed by atoms with van der Waals surface area (Å²) in [6, 6.07) is -1.86. The molecule has 0 aromatic carbocycles. The first-order chi connectivity index (χ1) is 5.02. The fourth-order valence-electron chi connectivity index (χ4n) is 0.841. The van der Waals surface area contributed by atoms with Crippen LogP contribution in [0.15, 0.2) is 11.8 Å². The molecule has 11 heavy (non-hydrogen) atoms. The lowest BCUT2D eigenvalue weighted by Gasteiger charge is -2.14. The van der Waals surface area contributed by atoms with E-state index in [4.69, 9.17) is 5.73 Å². The summed E-state index contributed by atoms with van der Waals surface area (Å²) in [4.78, 5) is 0. The van der Waals surface area contributed by atoms with Crippen LogP contribution in [0, 0.1) is 0 Å². The predicted octanol–water partition coefficient (Wildman–Crippen LogP) is 1.18. The van der Waals surface area contributed by atoms with E-state index in [9.17, 15) is 13.2 Å². The average Bonchev–Trinajstić information content (AvgIpc) is 2.34. The van der Waals surface area contributed by atoms with Gasteiger partial charge in [-0.25, -0.2) is 0 Å². The van der Waals surface area contributed by atoms with Gasteiger partial charge in [-0.1, -0.05) is 0 Å². The maximum atomic E-state index is 11.9. The van der Waals surface area contributed by atoms with Crippen LogP contribution in [0.3, 0.4) is 0 Å². The molecule has 0 aromatic heterocycles. The molecule has 1 atom stereocenters. The Morgan fingerprint density at radius 1 is 1.55 bits per heavy atom. The zero-order valence-electron chi connectivity index (χ0n) is 5.69. The van der Waals surface area contributed by atoms with Crippen LogP contribution in [-0.2, 0) is 4.74 Å². The first-order valence-corrected chi connectivity index (χ1v) is 3.14. The highest BCUT2D eigenvalue weighted by molar-refractivity contribution is 5.12. The Balaban J connectivity index is 2.60. The van der Waals surface area contributed by atoms with Crippen molar-refractivity contribution in [3.63, 3.8) is 0 Å². The Morgan fingerprint density at radius 2 is 2.18 bits per heavy atom. The molecule has 0 amide bonds. The van der Waals surface area contributed by atoms with E-state index >= 15 is 0 Å². The number of alkyl halides is 3. The Bertz CT molecular complexity index is 175. The third kappa shape index (κ3) is 1.86. The van der Waals surface area contributed by atoms with Gasteiger partial charge in [-0.05, 0) is 5.57 Å². The Hall–Kier alpha value is -0.710. The second-order valence-corrected chi connectivity index (χ2v) is 2.33. The van der Waals surface area contributed by atoms with Crippen LogP contribution in [0.4, 0.5) is 13.2 Å². The normalized spacial score (nSPS) is 20.9. The number of hydrogen-bond donors (Lipinski definition) is 1. The predicted molar refractivity (Wildman–Crippen MR) is 32.7 cm³/mol.